The normalized spacial score (nSPS) is 24.4. The molecule has 0 saturated carbocycles. The van der Waals surface area contributed by atoms with Crippen LogP contribution in [0.15, 0.2) is 47.6 Å². The highest BCUT2D eigenvalue weighted by atomic mass is 35.5. The van der Waals surface area contributed by atoms with E-state index in [1.165, 1.54) is 0 Å². The van der Waals surface area contributed by atoms with Crippen LogP contribution in [-0.4, -0.2) is 29.9 Å². The van der Waals surface area contributed by atoms with Crippen LogP contribution in [0.3, 0.4) is 0 Å². The predicted molar refractivity (Wildman–Crippen MR) is 90.4 cm³/mol. The van der Waals surface area contributed by atoms with E-state index in [1.54, 1.807) is 49.6 Å². The van der Waals surface area contributed by atoms with E-state index in [0.717, 1.165) is 0 Å². The number of rotatable bonds is 2. The maximum atomic E-state index is 12.6. The van der Waals surface area contributed by atoms with Crippen molar-refractivity contribution in [1.29, 1.82) is 0 Å². The molecule has 2 atom stereocenters. The van der Waals surface area contributed by atoms with E-state index in [1.807, 2.05) is 0 Å². The minimum Gasteiger partial charge on any atom is -0.497 e. The standard InChI is InChI=1S/C17H14ClN3O3/c1-24-11-6-7-13-12(8-11)17(16(23)19-13)15(22)14(20-21-17)9-2-4-10(18)5-3-9/h2-8,15,21-22H,1H3,(H,19,23). The second-order valence-electron chi connectivity index (χ2n) is 5.69. The molecule has 2 aliphatic heterocycles. The molecule has 24 heavy (non-hydrogen) atoms. The van der Waals surface area contributed by atoms with Gasteiger partial charge in [0.2, 0.25) is 0 Å². The number of fused-ring (bicyclic) bond motifs is 2. The maximum Gasteiger partial charge on any atom is 0.259 e. The molecule has 6 nitrogen and oxygen atoms in total. The van der Waals surface area contributed by atoms with Crippen LogP contribution in [0.25, 0.3) is 0 Å². The number of hydrazone groups is 1. The lowest BCUT2D eigenvalue weighted by atomic mass is 9.83. The number of hydrogen-bond acceptors (Lipinski definition) is 5. The molecule has 0 bridgehead atoms. The zero-order valence-electron chi connectivity index (χ0n) is 12.7. The molecule has 0 saturated heterocycles. The Balaban J connectivity index is 1.78. The summed E-state index contributed by atoms with van der Waals surface area (Å²) in [4.78, 5) is 12.6. The van der Waals surface area contributed by atoms with Crippen LogP contribution in [0.5, 0.6) is 5.75 Å². The van der Waals surface area contributed by atoms with Gasteiger partial charge in [-0.25, -0.2) is 0 Å². The monoisotopic (exact) mass is 343 g/mol. The summed E-state index contributed by atoms with van der Waals surface area (Å²) < 4.78 is 5.24. The van der Waals surface area contributed by atoms with Crippen molar-refractivity contribution < 1.29 is 14.6 Å². The molecule has 0 aromatic heterocycles. The van der Waals surface area contributed by atoms with Crippen molar-refractivity contribution in [1.82, 2.24) is 5.43 Å². The Morgan fingerprint density at radius 1 is 1.25 bits per heavy atom. The van der Waals surface area contributed by atoms with Crippen molar-refractivity contribution in [3.8, 4) is 5.75 Å². The van der Waals surface area contributed by atoms with Crippen molar-refractivity contribution in [2.45, 2.75) is 11.6 Å². The Labute approximate surface area is 143 Å². The van der Waals surface area contributed by atoms with E-state index in [9.17, 15) is 9.90 Å². The van der Waals surface area contributed by atoms with Gasteiger partial charge in [0.05, 0.1) is 12.8 Å². The van der Waals surface area contributed by atoms with Gasteiger partial charge in [-0.15, -0.1) is 0 Å². The van der Waals surface area contributed by atoms with Crippen molar-refractivity contribution >= 4 is 28.9 Å². The molecule has 4 rings (SSSR count). The van der Waals surface area contributed by atoms with Crippen molar-refractivity contribution in [3.63, 3.8) is 0 Å². The summed E-state index contributed by atoms with van der Waals surface area (Å²) in [5.74, 6) is 0.240. The van der Waals surface area contributed by atoms with E-state index in [2.05, 4.69) is 15.8 Å². The number of aliphatic hydroxyl groups is 1. The largest absolute Gasteiger partial charge is 0.497 e. The molecule has 1 spiro atoms. The molecule has 2 aliphatic rings. The zero-order valence-corrected chi connectivity index (χ0v) is 13.5. The number of methoxy groups -OCH3 is 1. The molecule has 2 aromatic rings. The van der Waals surface area contributed by atoms with Gasteiger partial charge in [-0.2, -0.15) is 5.10 Å². The lowest BCUT2D eigenvalue weighted by Gasteiger charge is -2.26. The highest BCUT2D eigenvalue weighted by Crippen LogP contribution is 2.43. The zero-order chi connectivity index (χ0) is 16.9. The van der Waals surface area contributed by atoms with Gasteiger partial charge >= 0.3 is 0 Å². The number of aliphatic hydroxyl groups excluding tert-OH is 1. The van der Waals surface area contributed by atoms with E-state index in [4.69, 9.17) is 16.3 Å². The third-order valence-corrected chi connectivity index (χ3v) is 4.67. The molecular formula is C17H14ClN3O3. The second-order valence-corrected chi connectivity index (χ2v) is 6.13. The Hall–Kier alpha value is -2.57. The van der Waals surface area contributed by atoms with Gasteiger partial charge in [0, 0.05) is 21.8 Å². The van der Waals surface area contributed by atoms with E-state index in [-0.39, 0.29) is 5.91 Å². The Kier molecular flexibility index (Phi) is 3.26. The number of amides is 1. The minimum absolute atomic E-state index is 0.356. The highest BCUT2D eigenvalue weighted by molar-refractivity contribution is 6.30. The quantitative estimate of drug-likeness (QED) is 0.777. The van der Waals surface area contributed by atoms with Crippen molar-refractivity contribution in [2.75, 3.05) is 12.4 Å². The number of halogens is 1. The summed E-state index contributed by atoms with van der Waals surface area (Å²) in [5, 5.41) is 18.5. The fourth-order valence-electron chi connectivity index (χ4n) is 3.13. The maximum absolute atomic E-state index is 12.6. The van der Waals surface area contributed by atoms with Crippen LogP contribution in [0.2, 0.25) is 5.02 Å². The van der Waals surface area contributed by atoms with Gasteiger partial charge < -0.3 is 15.2 Å². The first-order valence-corrected chi connectivity index (χ1v) is 7.73. The number of nitrogens with one attached hydrogen (secondary N) is 2. The summed E-state index contributed by atoms with van der Waals surface area (Å²) in [5.41, 5.74) is 3.79. The summed E-state index contributed by atoms with van der Waals surface area (Å²) in [7, 11) is 1.55. The van der Waals surface area contributed by atoms with E-state index in [0.29, 0.717) is 33.3 Å². The molecule has 3 N–H and O–H groups in total. The third kappa shape index (κ3) is 1.93. The van der Waals surface area contributed by atoms with Gasteiger partial charge in [0.1, 0.15) is 11.9 Å². The number of anilines is 1. The van der Waals surface area contributed by atoms with Crippen LogP contribution in [0.1, 0.15) is 11.1 Å². The molecule has 0 aliphatic carbocycles. The second kappa shape index (κ2) is 5.22. The number of carbonyl (C=O) groups is 1. The average molecular weight is 344 g/mol. The van der Waals surface area contributed by atoms with E-state index < -0.39 is 11.6 Å². The van der Waals surface area contributed by atoms with Gasteiger partial charge in [-0.1, -0.05) is 23.7 Å². The molecule has 2 unspecified atom stereocenters. The lowest BCUT2D eigenvalue weighted by Crippen LogP contribution is -2.52. The first-order valence-electron chi connectivity index (χ1n) is 7.35. The van der Waals surface area contributed by atoms with Crippen molar-refractivity contribution in [2.24, 2.45) is 5.10 Å². The summed E-state index contributed by atoms with van der Waals surface area (Å²) in [6.07, 6.45) is -1.15. The average Bonchev–Trinajstić information content (AvgIpc) is 3.08. The highest BCUT2D eigenvalue weighted by Gasteiger charge is 2.57. The molecular weight excluding hydrogens is 330 g/mol. The molecule has 1 amide bonds. The van der Waals surface area contributed by atoms with Gasteiger partial charge in [0.25, 0.3) is 5.91 Å². The Morgan fingerprint density at radius 2 is 2.00 bits per heavy atom. The van der Waals surface area contributed by atoms with Crippen LogP contribution >= 0.6 is 11.6 Å². The van der Waals surface area contributed by atoms with Crippen LogP contribution in [-0.2, 0) is 10.3 Å². The van der Waals surface area contributed by atoms with Gasteiger partial charge in [-0.3, -0.25) is 10.2 Å². The molecule has 7 heteroatoms. The predicted octanol–water partition coefficient (Wildman–Crippen LogP) is 1.86. The fourth-order valence-corrected chi connectivity index (χ4v) is 3.26. The number of benzene rings is 2. The summed E-state index contributed by atoms with van der Waals surface area (Å²) in [6.45, 7) is 0. The van der Waals surface area contributed by atoms with E-state index >= 15 is 0 Å². The molecule has 122 valence electrons. The summed E-state index contributed by atoms with van der Waals surface area (Å²) >= 11 is 5.90. The third-order valence-electron chi connectivity index (χ3n) is 4.42. The molecule has 0 fully saturated rings. The number of ether oxygens (including phenoxy) is 1. The van der Waals surface area contributed by atoms with Gasteiger partial charge in [0.15, 0.2) is 5.54 Å². The molecule has 2 heterocycles. The molecule has 2 aromatic carbocycles. The number of hydrogen-bond donors (Lipinski definition) is 3. The lowest BCUT2D eigenvalue weighted by molar-refractivity contribution is -0.124. The first kappa shape index (κ1) is 15.0. The first-order chi connectivity index (χ1) is 11.6. The van der Waals surface area contributed by atoms with Crippen LogP contribution in [0.4, 0.5) is 5.69 Å². The minimum atomic E-state index is -1.36. The van der Waals surface area contributed by atoms with Gasteiger partial charge in [-0.05, 0) is 30.3 Å². The van der Waals surface area contributed by atoms with Crippen LogP contribution < -0.4 is 15.5 Å². The smallest absolute Gasteiger partial charge is 0.259 e. The van der Waals surface area contributed by atoms with Crippen molar-refractivity contribution in [3.05, 3.63) is 58.6 Å². The van der Waals surface area contributed by atoms with Crippen LogP contribution in [0, 0.1) is 0 Å². The topological polar surface area (TPSA) is 82.9 Å². The fraction of sp³-hybridized carbons (Fsp3) is 0.176. The molecule has 0 radical (unpaired) electrons. The number of carbonyl (C=O) groups excluding carboxylic acids is 1. The SMILES string of the molecule is COc1ccc2c(c1)C1(NN=C(c3ccc(Cl)cc3)C1O)C(=O)N2. The Bertz CT molecular complexity index is 866. The Morgan fingerprint density at radius 3 is 2.71 bits per heavy atom. The summed E-state index contributed by atoms with van der Waals surface area (Å²) in [6, 6.07) is 12.2. The number of nitrogens with zero attached hydrogens (tertiary/aromatic N) is 1.